The summed E-state index contributed by atoms with van der Waals surface area (Å²) in [6, 6.07) is 18.8. The highest BCUT2D eigenvalue weighted by atomic mass is 15.1. The highest BCUT2D eigenvalue weighted by molar-refractivity contribution is 5.89. The minimum atomic E-state index is 0.723. The maximum absolute atomic E-state index is 4.42. The molecule has 1 saturated carbocycles. The van der Waals surface area contributed by atoms with Gasteiger partial charge in [0, 0.05) is 19.5 Å². The van der Waals surface area contributed by atoms with Crippen molar-refractivity contribution in [3.05, 3.63) is 66.0 Å². The second-order valence-corrected chi connectivity index (χ2v) is 9.97. The molecule has 3 aromatic rings. The molecule has 180 valence electrons. The summed E-state index contributed by atoms with van der Waals surface area (Å²) in [5, 5.41) is 1.10. The van der Waals surface area contributed by atoms with Crippen molar-refractivity contribution in [3.63, 3.8) is 0 Å². The first-order chi connectivity index (χ1) is 15.8. The van der Waals surface area contributed by atoms with Gasteiger partial charge in [0.25, 0.3) is 0 Å². The van der Waals surface area contributed by atoms with Gasteiger partial charge >= 0.3 is 0 Å². The molecule has 1 atom stereocenters. The maximum atomic E-state index is 4.42. The van der Waals surface area contributed by atoms with E-state index >= 15 is 0 Å². The van der Waals surface area contributed by atoms with Gasteiger partial charge in [-0.05, 0) is 48.8 Å². The number of para-hydroxylation sites is 1. The fourth-order valence-electron chi connectivity index (χ4n) is 4.32. The minimum Gasteiger partial charge on any atom is -0.362 e. The van der Waals surface area contributed by atoms with Crippen molar-refractivity contribution in [2.45, 2.75) is 79.1 Å². The molecule has 1 heterocycles. The molecule has 2 aromatic carbocycles. The van der Waals surface area contributed by atoms with Crippen LogP contribution in [0.5, 0.6) is 0 Å². The zero-order valence-corrected chi connectivity index (χ0v) is 22.0. The zero-order chi connectivity index (χ0) is 24.2. The quantitative estimate of drug-likeness (QED) is 0.402. The average Bonchev–Trinajstić information content (AvgIpc) is 2.82. The summed E-state index contributed by atoms with van der Waals surface area (Å²) in [4.78, 5) is 10.8. The lowest BCUT2D eigenvalue weighted by Crippen LogP contribution is -2.12. The molecule has 0 amide bonds. The fraction of sp³-hybridized carbons (Fsp3) is 0.533. The third-order valence-corrected chi connectivity index (χ3v) is 6.51. The summed E-state index contributed by atoms with van der Waals surface area (Å²) in [7, 11) is 3.99. The molecule has 1 fully saturated rings. The van der Waals surface area contributed by atoms with E-state index in [4.69, 9.17) is 0 Å². The third kappa shape index (κ3) is 9.15. The number of aryl methyl sites for hydroxylation is 1. The van der Waals surface area contributed by atoms with E-state index in [1.54, 1.807) is 0 Å². The van der Waals surface area contributed by atoms with E-state index in [-0.39, 0.29) is 0 Å². The lowest BCUT2D eigenvalue weighted by Gasteiger charge is -2.22. The van der Waals surface area contributed by atoms with Crippen LogP contribution < -0.4 is 4.90 Å². The van der Waals surface area contributed by atoms with Gasteiger partial charge in [-0.25, -0.2) is 9.97 Å². The van der Waals surface area contributed by atoms with E-state index in [1.165, 1.54) is 44.1 Å². The Morgan fingerprint density at radius 1 is 0.848 bits per heavy atom. The first kappa shape index (κ1) is 26.8. The van der Waals surface area contributed by atoms with Crippen LogP contribution in [-0.2, 0) is 0 Å². The third-order valence-electron chi connectivity index (χ3n) is 6.51. The van der Waals surface area contributed by atoms with Gasteiger partial charge in [0.2, 0.25) is 0 Å². The van der Waals surface area contributed by atoms with E-state index in [0.717, 1.165) is 40.3 Å². The molecule has 0 spiro atoms. The minimum absolute atomic E-state index is 0.723. The number of aromatic nitrogens is 2. The maximum Gasteiger partial charge on any atom is 0.139 e. The van der Waals surface area contributed by atoms with Gasteiger partial charge in [0.05, 0.1) is 5.52 Å². The number of hydrogen-bond donors (Lipinski definition) is 0. The second kappa shape index (κ2) is 14.0. The van der Waals surface area contributed by atoms with Crippen LogP contribution in [0.2, 0.25) is 0 Å². The Morgan fingerprint density at radius 3 is 1.94 bits per heavy atom. The van der Waals surface area contributed by atoms with E-state index in [9.17, 15) is 0 Å². The van der Waals surface area contributed by atoms with Crippen molar-refractivity contribution >= 4 is 16.7 Å². The summed E-state index contributed by atoms with van der Waals surface area (Å²) in [6.07, 6.45) is 8.46. The molecule has 33 heavy (non-hydrogen) atoms. The van der Waals surface area contributed by atoms with Crippen molar-refractivity contribution in [2.75, 3.05) is 19.0 Å². The summed E-state index contributed by atoms with van der Waals surface area (Å²) >= 11 is 0. The summed E-state index contributed by atoms with van der Waals surface area (Å²) in [6.45, 7) is 11.2. The molecule has 0 N–H and O–H groups in total. The molecule has 0 radical (unpaired) electrons. The van der Waals surface area contributed by atoms with Crippen molar-refractivity contribution in [3.8, 4) is 0 Å². The number of nitrogens with zero attached hydrogens (tertiary/aromatic N) is 3. The van der Waals surface area contributed by atoms with Gasteiger partial charge < -0.3 is 4.90 Å². The second-order valence-electron chi connectivity index (χ2n) is 9.97. The average molecular weight is 448 g/mol. The Labute approximate surface area is 202 Å². The van der Waals surface area contributed by atoms with Crippen LogP contribution in [0.25, 0.3) is 10.9 Å². The summed E-state index contributed by atoms with van der Waals surface area (Å²) < 4.78 is 0. The molecule has 0 saturated heterocycles. The SMILES string of the molecule is CC1CCC(C)CC1.CCCC(C)c1ccccc1.Cc1nc(N(C)C)c2ccccc2n1. The molecule has 0 aliphatic heterocycles. The number of benzene rings is 2. The van der Waals surface area contributed by atoms with Crippen molar-refractivity contribution < 1.29 is 0 Å². The van der Waals surface area contributed by atoms with Crippen LogP contribution >= 0.6 is 0 Å². The lowest BCUT2D eigenvalue weighted by molar-refractivity contribution is 0.308. The smallest absolute Gasteiger partial charge is 0.139 e. The van der Waals surface area contributed by atoms with Crippen LogP contribution in [0.1, 0.15) is 83.5 Å². The summed E-state index contributed by atoms with van der Waals surface area (Å²) in [5.74, 6) is 4.55. The van der Waals surface area contributed by atoms with Crippen LogP contribution in [0, 0.1) is 18.8 Å². The normalized spacial score (nSPS) is 18.4. The van der Waals surface area contributed by atoms with Gasteiger partial charge in [-0.3, -0.25) is 0 Å². The fourth-order valence-corrected chi connectivity index (χ4v) is 4.32. The van der Waals surface area contributed by atoms with Crippen LogP contribution in [0.15, 0.2) is 54.6 Å². The first-order valence-electron chi connectivity index (χ1n) is 12.8. The Balaban J connectivity index is 0.000000182. The van der Waals surface area contributed by atoms with Crippen LogP contribution in [0.3, 0.4) is 0 Å². The van der Waals surface area contributed by atoms with E-state index < -0.39 is 0 Å². The van der Waals surface area contributed by atoms with Crippen molar-refractivity contribution in [2.24, 2.45) is 11.8 Å². The number of fused-ring (bicyclic) bond motifs is 1. The van der Waals surface area contributed by atoms with E-state index in [0.29, 0.717) is 0 Å². The number of anilines is 1. The Morgan fingerprint density at radius 2 is 1.39 bits per heavy atom. The number of hydrogen-bond acceptors (Lipinski definition) is 3. The highest BCUT2D eigenvalue weighted by Gasteiger charge is 2.13. The number of rotatable bonds is 4. The van der Waals surface area contributed by atoms with Crippen LogP contribution in [0.4, 0.5) is 5.82 Å². The molecule has 1 aliphatic carbocycles. The van der Waals surface area contributed by atoms with E-state index in [1.807, 2.05) is 50.2 Å². The molecule has 3 heteroatoms. The predicted octanol–water partition coefficient (Wildman–Crippen LogP) is 8.43. The van der Waals surface area contributed by atoms with Gasteiger partial charge in [0.1, 0.15) is 11.6 Å². The molecule has 1 aliphatic rings. The van der Waals surface area contributed by atoms with Crippen molar-refractivity contribution in [1.82, 2.24) is 9.97 Å². The summed E-state index contributed by atoms with van der Waals surface area (Å²) in [5.41, 5.74) is 2.47. The molecule has 3 nitrogen and oxygen atoms in total. The Hall–Kier alpha value is -2.42. The predicted molar refractivity (Wildman–Crippen MR) is 145 cm³/mol. The Kier molecular flexibility index (Phi) is 11.4. The Bertz CT molecular complexity index is 918. The largest absolute Gasteiger partial charge is 0.362 e. The van der Waals surface area contributed by atoms with Gasteiger partial charge in [-0.1, -0.05) is 102 Å². The monoisotopic (exact) mass is 447 g/mol. The molecule has 4 rings (SSSR count). The zero-order valence-electron chi connectivity index (χ0n) is 22.0. The van der Waals surface area contributed by atoms with Crippen molar-refractivity contribution in [1.29, 1.82) is 0 Å². The van der Waals surface area contributed by atoms with E-state index in [2.05, 4.69) is 68.0 Å². The molecule has 0 bridgehead atoms. The first-order valence-corrected chi connectivity index (χ1v) is 12.8. The molecular weight excluding hydrogens is 402 g/mol. The highest BCUT2D eigenvalue weighted by Crippen LogP contribution is 2.27. The standard InChI is InChI=1S/C11H13N3.C11H16.C8H16/c1-8-12-10-7-5-4-6-9(10)11(13-8)14(2)3;1-3-7-10(2)11-8-5-4-6-9-11;1-7-3-5-8(2)6-4-7/h4-7H,1-3H3;4-6,8-10H,3,7H2,1-2H3;7-8H,3-6H2,1-2H3. The lowest BCUT2D eigenvalue weighted by atomic mass is 9.84. The molecule has 1 unspecified atom stereocenters. The molecular formula is C30H45N3. The molecule has 1 aromatic heterocycles. The van der Waals surface area contributed by atoms with Gasteiger partial charge in [-0.15, -0.1) is 0 Å². The topological polar surface area (TPSA) is 29.0 Å². The van der Waals surface area contributed by atoms with Gasteiger partial charge in [0.15, 0.2) is 0 Å². The van der Waals surface area contributed by atoms with Crippen LogP contribution in [-0.4, -0.2) is 24.1 Å². The van der Waals surface area contributed by atoms with Gasteiger partial charge in [-0.2, -0.15) is 0 Å².